The molecule has 12 heteroatoms. The zero-order valence-corrected chi connectivity index (χ0v) is 25.8. The average molecular weight is 653 g/mol. The lowest BCUT2D eigenvalue weighted by atomic mass is 9.99. The molecule has 0 spiro atoms. The second kappa shape index (κ2) is 14.9. The summed E-state index contributed by atoms with van der Waals surface area (Å²) in [6, 6.07) is 17.0. The van der Waals surface area contributed by atoms with Crippen molar-refractivity contribution < 1.29 is 36.7 Å². The van der Waals surface area contributed by atoms with E-state index in [0.29, 0.717) is 30.1 Å². The maximum Gasteiger partial charge on any atom is 0.416 e. The fraction of sp³-hybridized carbons (Fsp3) is 0.343. The van der Waals surface area contributed by atoms with Crippen molar-refractivity contribution in [2.75, 3.05) is 13.1 Å². The maximum absolute atomic E-state index is 14.0. The molecular weight excluding hydrogens is 616 g/mol. The van der Waals surface area contributed by atoms with Crippen molar-refractivity contribution in [3.8, 4) is 0 Å². The first kappa shape index (κ1) is 33.8. The summed E-state index contributed by atoms with van der Waals surface area (Å²) in [7, 11) is 0. The number of aryl methyl sites for hydroxylation is 1. The Bertz CT molecular complexity index is 1680. The van der Waals surface area contributed by atoms with E-state index in [4.69, 9.17) is 4.42 Å². The number of alkyl halides is 4. The predicted molar refractivity (Wildman–Crippen MR) is 166 cm³/mol. The van der Waals surface area contributed by atoms with Crippen LogP contribution in [0.4, 0.5) is 17.6 Å². The number of halogens is 4. The van der Waals surface area contributed by atoms with Gasteiger partial charge in [0.15, 0.2) is 0 Å². The number of carbonyl (C=O) groups is 2. The van der Waals surface area contributed by atoms with E-state index in [-0.39, 0.29) is 48.1 Å². The number of oxazole rings is 1. The molecule has 3 N–H and O–H groups in total. The van der Waals surface area contributed by atoms with Crippen LogP contribution in [0, 0.1) is 6.92 Å². The minimum absolute atomic E-state index is 0.0427. The highest BCUT2D eigenvalue weighted by Crippen LogP contribution is 2.33. The number of aromatic nitrogens is 1. The molecule has 3 aromatic carbocycles. The number of likely N-dealkylation sites (tertiary alicyclic amines) is 1. The standard InChI is InChI=1S/C35H36F4N4O4/c1-22-21-47-33(41-22)30-11-6-12-43(30)34(46)27-14-25(18-36)13-26(17-27)32(45)42-29(16-23-7-3-2-4-8-23)31(44)20-40-19-24-9-5-10-28(15-24)35(37,38)39/h2-5,7-10,13-15,17,21,29-31,40,44H,6,11-12,16,18-20H2,1H3,(H,42,45). The number of aliphatic hydroxyl groups excluding tert-OH is 1. The lowest BCUT2D eigenvalue weighted by molar-refractivity contribution is -0.137. The van der Waals surface area contributed by atoms with E-state index in [1.165, 1.54) is 30.5 Å². The number of rotatable bonds is 12. The van der Waals surface area contributed by atoms with Crippen LogP contribution in [0.1, 0.15) is 73.4 Å². The molecule has 0 saturated carbocycles. The Balaban J connectivity index is 1.31. The van der Waals surface area contributed by atoms with Crippen LogP contribution < -0.4 is 10.6 Å². The van der Waals surface area contributed by atoms with E-state index < -0.39 is 36.5 Å². The van der Waals surface area contributed by atoms with Gasteiger partial charge in [-0.2, -0.15) is 13.2 Å². The highest BCUT2D eigenvalue weighted by molar-refractivity contribution is 6.00. The van der Waals surface area contributed by atoms with Gasteiger partial charge in [-0.05, 0) is 67.1 Å². The summed E-state index contributed by atoms with van der Waals surface area (Å²) in [5.74, 6) is -0.576. The molecule has 4 aromatic rings. The molecule has 1 aliphatic heterocycles. The Morgan fingerprint density at radius 3 is 2.47 bits per heavy atom. The minimum Gasteiger partial charge on any atom is -0.446 e. The predicted octanol–water partition coefficient (Wildman–Crippen LogP) is 5.94. The Morgan fingerprint density at radius 1 is 1.02 bits per heavy atom. The topological polar surface area (TPSA) is 108 Å². The highest BCUT2D eigenvalue weighted by atomic mass is 19.4. The van der Waals surface area contributed by atoms with Gasteiger partial charge in [0, 0.05) is 30.8 Å². The third-order valence-electron chi connectivity index (χ3n) is 8.11. The number of nitrogens with one attached hydrogen (secondary N) is 2. The van der Waals surface area contributed by atoms with Crippen LogP contribution in [0.25, 0.3) is 0 Å². The molecule has 5 rings (SSSR count). The first-order chi connectivity index (χ1) is 22.5. The average Bonchev–Trinajstić information content (AvgIpc) is 3.73. The lowest BCUT2D eigenvalue weighted by Crippen LogP contribution is -2.48. The second-order valence-electron chi connectivity index (χ2n) is 11.7. The third-order valence-corrected chi connectivity index (χ3v) is 8.11. The van der Waals surface area contributed by atoms with Gasteiger partial charge >= 0.3 is 6.18 Å². The van der Waals surface area contributed by atoms with Gasteiger partial charge in [-0.25, -0.2) is 9.37 Å². The summed E-state index contributed by atoms with van der Waals surface area (Å²) in [5, 5.41) is 17.0. The quantitative estimate of drug-likeness (QED) is 0.164. The molecule has 3 unspecified atom stereocenters. The molecule has 47 heavy (non-hydrogen) atoms. The van der Waals surface area contributed by atoms with Gasteiger partial charge in [-0.15, -0.1) is 0 Å². The first-order valence-corrected chi connectivity index (χ1v) is 15.3. The molecule has 1 saturated heterocycles. The summed E-state index contributed by atoms with van der Waals surface area (Å²) in [6.07, 6.45) is -2.49. The Hall–Kier alpha value is -4.55. The summed E-state index contributed by atoms with van der Waals surface area (Å²) in [4.78, 5) is 33.3. The van der Waals surface area contributed by atoms with Crippen molar-refractivity contribution in [1.29, 1.82) is 0 Å². The summed E-state index contributed by atoms with van der Waals surface area (Å²) in [5.41, 5.74) is 1.46. The molecule has 2 amide bonds. The monoisotopic (exact) mass is 652 g/mol. The number of carbonyl (C=O) groups excluding carboxylic acids is 2. The smallest absolute Gasteiger partial charge is 0.416 e. The van der Waals surface area contributed by atoms with Gasteiger partial charge in [0.1, 0.15) is 19.0 Å². The van der Waals surface area contributed by atoms with E-state index in [9.17, 15) is 32.3 Å². The SMILES string of the molecule is Cc1coc(C2CCCN2C(=O)c2cc(CF)cc(C(=O)NC(Cc3ccccc3)C(O)CNCc3cccc(C(F)(F)F)c3)c2)n1. The molecule has 0 bridgehead atoms. The fourth-order valence-corrected chi connectivity index (χ4v) is 5.75. The maximum atomic E-state index is 14.0. The van der Waals surface area contributed by atoms with E-state index in [1.807, 2.05) is 30.3 Å². The fourth-order valence-electron chi connectivity index (χ4n) is 5.75. The van der Waals surface area contributed by atoms with Crippen molar-refractivity contribution in [2.45, 2.75) is 63.8 Å². The van der Waals surface area contributed by atoms with Crippen molar-refractivity contribution in [3.63, 3.8) is 0 Å². The van der Waals surface area contributed by atoms with Crippen LogP contribution >= 0.6 is 0 Å². The number of nitrogens with zero attached hydrogens (tertiary/aromatic N) is 2. The van der Waals surface area contributed by atoms with E-state index in [1.54, 1.807) is 17.9 Å². The molecule has 1 aliphatic rings. The van der Waals surface area contributed by atoms with Crippen molar-refractivity contribution in [3.05, 3.63) is 124 Å². The number of hydrogen-bond donors (Lipinski definition) is 3. The first-order valence-electron chi connectivity index (χ1n) is 15.3. The molecule has 3 atom stereocenters. The van der Waals surface area contributed by atoms with Crippen molar-refractivity contribution in [2.24, 2.45) is 0 Å². The summed E-state index contributed by atoms with van der Waals surface area (Å²) >= 11 is 0. The van der Waals surface area contributed by atoms with Crippen molar-refractivity contribution in [1.82, 2.24) is 20.5 Å². The van der Waals surface area contributed by atoms with Gasteiger partial charge in [-0.1, -0.05) is 48.5 Å². The van der Waals surface area contributed by atoms with Gasteiger partial charge in [0.2, 0.25) is 5.89 Å². The van der Waals surface area contributed by atoms with Gasteiger partial charge in [0.05, 0.1) is 23.4 Å². The summed E-state index contributed by atoms with van der Waals surface area (Å²) in [6.45, 7) is 1.35. The third kappa shape index (κ3) is 8.63. The van der Waals surface area contributed by atoms with Crippen LogP contribution in [0.5, 0.6) is 0 Å². The molecule has 0 radical (unpaired) electrons. The molecule has 8 nitrogen and oxygen atoms in total. The molecule has 1 aromatic heterocycles. The number of hydrogen-bond acceptors (Lipinski definition) is 6. The lowest BCUT2D eigenvalue weighted by Gasteiger charge is -2.26. The number of benzene rings is 3. The van der Waals surface area contributed by atoms with Crippen LogP contribution in [0.2, 0.25) is 0 Å². The molecule has 1 fully saturated rings. The number of amides is 2. The van der Waals surface area contributed by atoms with Gasteiger partial charge < -0.3 is 25.1 Å². The van der Waals surface area contributed by atoms with E-state index in [2.05, 4.69) is 15.6 Å². The Morgan fingerprint density at radius 2 is 1.77 bits per heavy atom. The normalized spacial score (nSPS) is 16.2. The van der Waals surface area contributed by atoms with Crippen LogP contribution in [-0.4, -0.2) is 52.0 Å². The van der Waals surface area contributed by atoms with Gasteiger partial charge in [-0.3, -0.25) is 9.59 Å². The molecular formula is C35H36F4N4O4. The minimum atomic E-state index is -4.48. The summed E-state index contributed by atoms with van der Waals surface area (Å²) < 4.78 is 58.9. The molecule has 248 valence electrons. The zero-order valence-electron chi connectivity index (χ0n) is 25.8. The van der Waals surface area contributed by atoms with Crippen LogP contribution in [-0.2, 0) is 25.8 Å². The Labute approximate surface area is 269 Å². The van der Waals surface area contributed by atoms with Gasteiger partial charge in [0.25, 0.3) is 11.8 Å². The second-order valence-corrected chi connectivity index (χ2v) is 11.7. The Kier molecular flexibility index (Phi) is 10.7. The molecule has 0 aliphatic carbocycles. The van der Waals surface area contributed by atoms with Crippen LogP contribution in [0.15, 0.2) is 83.5 Å². The molecule has 2 heterocycles. The van der Waals surface area contributed by atoms with Crippen molar-refractivity contribution >= 4 is 11.8 Å². The van der Waals surface area contributed by atoms with E-state index in [0.717, 1.165) is 24.1 Å². The largest absolute Gasteiger partial charge is 0.446 e. The highest BCUT2D eigenvalue weighted by Gasteiger charge is 2.34. The van der Waals surface area contributed by atoms with E-state index >= 15 is 0 Å². The zero-order chi connectivity index (χ0) is 33.6. The number of aliphatic hydroxyl groups is 1. The van der Waals surface area contributed by atoms with Crippen LogP contribution in [0.3, 0.4) is 0 Å².